The number of carbonyl (C=O) groups excluding carboxylic acids is 1. The highest BCUT2D eigenvalue weighted by molar-refractivity contribution is 7.90. The predicted molar refractivity (Wildman–Crippen MR) is 77.8 cm³/mol. The van der Waals surface area contributed by atoms with Crippen LogP contribution < -0.4 is 4.72 Å². The minimum Gasteiger partial charge on any atom is -0.268 e. The van der Waals surface area contributed by atoms with Crippen LogP contribution in [0.2, 0.25) is 0 Å². The summed E-state index contributed by atoms with van der Waals surface area (Å²) in [6.07, 6.45) is 0.278. The highest BCUT2D eigenvalue weighted by Gasteiger charge is 2.18. The Bertz CT molecular complexity index is 730. The van der Waals surface area contributed by atoms with Crippen LogP contribution in [0.25, 0.3) is 0 Å². The van der Waals surface area contributed by atoms with Gasteiger partial charge in [0, 0.05) is 0 Å². The predicted octanol–water partition coefficient (Wildman–Crippen LogP) is 2.13. The van der Waals surface area contributed by atoms with Crippen LogP contribution in [-0.4, -0.2) is 20.1 Å². The van der Waals surface area contributed by atoms with Gasteiger partial charge in [-0.15, -0.1) is 0 Å². The summed E-state index contributed by atoms with van der Waals surface area (Å²) in [5, 5.41) is 0. The van der Waals surface area contributed by atoms with Crippen molar-refractivity contribution in [1.29, 1.82) is 0 Å². The lowest BCUT2D eigenvalue weighted by Gasteiger charge is -2.07. The fraction of sp³-hybridized carbons (Fsp3) is 0.133. The molecule has 2 aromatic rings. The Morgan fingerprint density at radius 1 is 1.00 bits per heavy atom. The number of sulfonamides is 1. The van der Waals surface area contributed by atoms with Gasteiger partial charge in [0.25, 0.3) is 5.91 Å². The second kappa shape index (κ2) is 6.49. The molecular weight excluding hydrogens is 293 g/mol. The number of hydrogen-bond donors (Lipinski definition) is 1. The molecule has 0 radical (unpaired) electrons. The number of carbonyl (C=O) groups is 1. The summed E-state index contributed by atoms with van der Waals surface area (Å²) < 4.78 is 39.0. The molecule has 4 nitrogen and oxygen atoms in total. The molecule has 2 rings (SSSR count). The maximum Gasteiger partial charge on any atom is 0.267 e. The van der Waals surface area contributed by atoms with Crippen molar-refractivity contribution in [3.63, 3.8) is 0 Å². The van der Waals surface area contributed by atoms with Crippen LogP contribution in [0.1, 0.15) is 15.9 Å². The summed E-state index contributed by atoms with van der Waals surface area (Å²) in [4.78, 5) is 11.8. The molecule has 2 aromatic carbocycles. The lowest BCUT2D eigenvalue weighted by atomic mass is 10.2. The first kappa shape index (κ1) is 15.2. The number of benzene rings is 2. The van der Waals surface area contributed by atoms with Gasteiger partial charge in [0.1, 0.15) is 5.82 Å². The summed E-state index contributed by atoms with van der Waals surface area (Å²) in [7, 11) is -3.81. The molecule has 0 unspecified atom stereocenters. The minimum atomic E-state index is -3.81. The fourth-order valence-electron chi connectivity index (χ4n) is 1.79. The molecule has 0 aromatic heterocycles. The number of aryl methyl sites for hydroxylation is 1. The molecule has 1 amide bonds. The standard InChI is InChI=1S/C15H14FNO3S/c16-14-9-5-4-8-13(14)15(18)17-21(19,20)11-10-12-6-2-1-3-7-12/h1-9H,10-11H2,(H,17,18). The summed E-state index contributed by atoms with van der Waals surface area (Å²) in [5.41, 5.74) is 0.557. The van der Waals surface area contributed by atoms with Crippen molar-refractivity contribution in [2.24, 2.45) is 0 Å². The molecule has 0 aliphatic carbocycles. The Morgan fingerprint density at radius 2 is 1.62 bits per heavy atom. The Morgan fingerprint density at radius 3 is 2.29 bits per heavy atom. The van der Waals surface area contributed by atoms with Gasteiger partial charge in [-0.1, -0.05) is 42.5 Å². The Labute approximate surface area is 122 Å². The Balaban J connectivity index is 2.01. The largest absolute Gasteiger partial charge is 0.268 e. The monoisotopic (exact) mass is 307 g/mol. The highest BCUT2D eigenvalue weighted by Crippen LogP contribution is 2.07. The van der Waals surface area contributed by atoms with E-state index in [1.807, 2.05) is 10.8 Å². The van der Waals surface area contributed by atoms with E-state index in [1.54, 1.807) is 24.3 Å². The summed E-state index contributed by atoms with van der Waals surface area (Å²) in [5.74, 6) is -1.95. The number of hydrogen-bond acceptors (Lipinski definition) is 3. The molecule has 0 aliphatic heterocycles. The first-order valence-corrected chi connectivity index (χ1v) is 7.96. The third-order valence-corrected chi connectivity index (χ3v) is 4.11. The average molecular weight is 307 g/mol. The van der Waals surface area contributed by atoms with Crippen LogP contribution in [0.3, 0.4) is 0 Å². The van der Waals surface area contributed by atoms with Crippen LogP contribution >= 0.6 is 0 Å². The van der Waals surface area contributed by atoms with Crippen molar-refractivity contribution in [2.45, 2.75) is 6.42 Å². The zero-order chi connectivity index (χ0) is 15.3. The van der Waals surface area contributed by atoms with Crippen molar-refractivity contribution in [1.82, 2.24) is 4.72 Å². The van der Waals surface area contributed by atoms with Crippen molar-refractivity contribution in [2.75, 3.05) is 5.75 Å². The number of rotatable bonds is 5. The molecule has 21 heavy (non-hydrogen) atoms. The second-order valence-corrected chi connectivity index (χ2v) is 6.31. The van der Waals surface area contributed by atoms with Crippen LogP contribution in [0.4, 0.5) is 4.39 Å². The fourth-order valence-corrected chi connectivity index (χ4v) is 2.79. The molecule has 0 bridgehead atoms. The van der Waals surface area contributed by atoms with Gasteiger partial charge in [-0.05, 0) is 24.1 Å². The van der Waals surface area contributed by atoms with E-state index < -0.39 is 21.7 Å². The second-order valence-electron chi connectivity index (χ2n) is 4.47. The topological polar surface area (TPSA) is 63.2 Å². The molecule has 6 heteroatoms. The molecule has 0 fully saturated rings. The molecule has 0 aliphatic rings. The zero-order valence-electron chi connectivity index (χ0n) is 11.1. The van der Waals surface area contributed by atoms with Gasteiger partial charge >= 0.3 is 0 Å². The van der Waals surface area contributed by atoms with E-state index in [9.17, 15) is 17.6 Å². The molecule has 0 saturated heterocycles. The third kappa shape index (κ3) is 4.39. The molecule has 1 N–H and O–H groups in total. The van der Waals surface area contributed by atoms with Gasteiger partial charge in [-0.3, -0.25) is 4.79 Å². The lowest BCUT2D eigenvalue weighted by molar-refractivity contribution is 0.0977. The van der Waals surface area contributed by atoms with Gasteiger partial charge in [-0.25, -0.2) is 17.5 Å². The van der Waals surface area contributed by atoms with Crippen molar-refractivity contribution in [3.8, 4) is 0 Å². The number of amides is 1. The Kier molecular flexibility index (Phi) is 4.70. The quantitative estimate of drug-likeness (QED) is 0.920. The van der Waals surface area contributed by atoms with E-state index in [0.717, 1.165) is 11.6 Å². The van der Waals surface area contributed by atoms with Gasteiger partial charge in [0.05, 0.1) is 11.3 Å². The van der Waals surface area contributed by atoms with Crippen LogP contribution in [-0.2, 0) is 16.4 Å². The number of halogens is 1. The van der Waals surface area contributed by atoms with E-state index in [0.29, 0.717) is 0 Å². The van der Waals surface area contributed by atoms with Crippen molar-refractivity contribution in [3.05, 3.63) is 71.5 Å². The van der Waals surface area contributed by atoms with E-state index in [-0.39, 0.29) is 17.7 Å². The van der Waals surface area contributed by atoms with E-state index in [1.165, 1.54) is 18.2 Å². The summed E-state index contributed by atoms with van der Waals surface area (Å²) in [6, 6.07) is 14.3. The molecule has 0 atom stereocenters. The zero-order valence-corrected chi connectivity index (χ0v) is 11.9. The van der Waals surface area contributed by atoms with E-state index in [4.69, 9.17) is 0 Å². The van der Waals surface area contributed by atoms with Crippen molar-refractivity contribution >= 4 is 15.9 Å². The normalized spacial score (nSPS) is 11.1. The first-order valence-electron chi connectivity index (χ1n) is 6.31. The maximum atomic E-state index is 13.4. The number of nitrogens with one attached hydrogen (secondary N) is 1. The maximum absolute atomic E-state index is 13.4. The summed E-state index contributed by atoms with van der Waals surface area (Å²) in [6.45, 7) is 0. The Hall–Kier alpha value is -2.21. The van der Waals surface area contributed by atoms with Gasteiger partial charge in [0.2, 0.25) is 10.0 Å². The minimum absolute atomic E-state index is 0.239. The lowest BCUT2D eigenvalue weighted by Crippen LogP contribution is -2.33. The van der Waals surface area contributed by atoms with E-state index in [2.05, 4.69) is 0 Å². The third-order valence-electron chi connectivity index (χ3n) is 2.87. The van der Waals surface area contributed by atoms with Crippen LogP contribution in [0, 0.1) is 5.82 Å². The molecule has 0 saturated carbocycles. The van der Waals surface area contributed by atoms with Gasteiger partial charge in [0.15, 0.2) is 0 Å². The highest BCUT2D eigenvalue weighted by atomic mass is 32.2. The van der Waals surface area contributed by atoms with Gasteiger partial charge in [-0.2, -0.15) is 0 Å². The van der Waals surface area contributed by atoms with Crippen LogP contribution in [0.15, 0.2) is 54.6 Å². The molecular formula is C15H14FNO3S. The first-order chi connectivity index (χ1) is 9.98. The average Bonchev–Trinajstić information content (AvgIpc) is 2.46. The smallest absolute Gasteiger partial charge is 0.267 e. The SMILES string of the molecule is O=C(NS(=O)(=O)CCc1ccccc1)c1ccccc1F. The van der Waals surface area contributed by atoms with Gasteiger partial charge < -0.3 is 0 Å². The molecule has 0 heterocycles. The molecule has 0 spiro atoms. The molecule has 110 valence electrons. The van der Waals surface area contributed by atoms with E-state index >= 15 is 0 Å². The summed E-state index contributed by atoms with van der Waals surface area (Å²) >= 11 is 0. The van der Waals surface area contributed by atoms with Crippen LogP contribution in [0.5, 0.6) is 0 Å². The van der Waals surface area contributed by atoms with Crippen molar-refractivity contribution < 1.29 is 17.6 Å².